The fourth-order valence-electron chi connectivity index (χ4n) is 7.20. The van der Waals surface area contributed by atoms with Crippen LogP contribution < -0.4 is 0 Å². The van der Waals surface area contributed by atoms with Crippen LogP contribution in [0.5, 0.6) is 0 Å². The van der Waals surface area contributed by atoms with Crippen molar-refractivity contribution in [2.75, 3.05) is 13.2 Å². The second-order valence-corrected chi connectivity index (χ2v) is 17.1. The van der Waals surface area contributed by atoms with Crippen LogP contribution in [0.4, 0.5) is 0 Å². The Labute approximate surface area is 371 Å². The average molecular weight is 841 g/mol. The molecule has 0 aromatic carbocycles. The van der Waals surface area contributed by atoms with Gasteiger partial charge in [-0.3, -0.25) is 14.4 Å². The van der Waals surface area contributed by atoms with Gasteiger partial charge in [0.1, 0.15) is 13.2 Å². The minimum absolute atomic E-state index is 0.0774. The number of carbonyl (C=O) groups excluding carboxylic acids is 3. The molecule has 0 bridgehead atoms. The van der Waals surface area contributed by atoms with E-state index in [0.29, 0.717) is 19.3 Å². The van der Waals surface area contributed by atoms with E-state index in [1.54, 1.807) is 0 Å². The molecular weight excluding hydrogens is 745 g/mol. The van der Waals surface area contributed by atoms with Crippen LogP contribution in [0.25, 0.3) is 0 Å². The molecule has 0 heterocycles. The fourth-order valence-corrected chi connectivity index (χ4v) is 7.20. The third-order valence-corrected chi connectivity index (χ3v) is 11.1. The Bertz CT molecular complexity index is 1060. The predicted octanol–water partition coefficient (Wildman–Crippen LogP) is 16.7. The molecule has 0 N–H and O–H groups in total. The summed E-state index contributed by atoms with van der Waals surface area (Å²) in [6.45, 7) is 6.48. The molecule has 60 heavy (non-hydrogen) atoms. The molecule has 6 nitrogen and oxygen atoms in total. The van der Waals surface area contributed by atoms with Crippen molar-refractivity contribution in [1.82, 2.24) is 0 Å². The number of esters is 3. The molecule has 1 unspecified atom stereocenters. The van der Waals surface area contributed by atoms with E-state index in [4.69, 9.17) is 14.2 Å². The maximum Gasteiger partial charge on any atom is 0.306 e. The van der Waals surface area contributed by atoms with Crippen molar-refractivity contribution in [3.05, 3.63) is 48.6 Å². The number of rotatable bonds is 46. The summed E-state index contributed by atoms with van der Waals surface area (Å²) in [4.78, 5) is 37.9. The Balaban J connectivity index is 4.30. The van der Waals surface area contributed by atoms with Crippen molar-refractivity contribution in [2.24, 2.45) is 0 Å². The summed E-state index contributed by atoms with van der Waals surface area (Å²) in [5.74, 6) is -0.889. The molecule has 0 spiro atoms. The minimum Gasteiger partial charge on any atom is -0.462 e. The standard InChI is InChI=1S/C54H96O6/c1-4-7-10-13-16-19-22-24-25-26-27-28-29-31-32-35-38-41-44-47-53(56)59-50-51(49-58-52(55)46-43-40-37-34-21-18-15-12-9-6-3)60-54(57)48-45-42-39-36-33-30-23-20-17-14-11-8-5-2/h7,10,15-16,18-19,24-25,51H,4-6,8-9,11-14,17,20-23,26-50H2,1-3H3/b10-7-,18-15-,19-16-,25-24-. The highest BCUT2D eigenvalue weighted by molar-refractivity contribution is 5.71. The molecule has 0 aromatic rings. The molecule has 0 aliphatic carbocycles. The van der Waals surface area contributed by atoms with Gasteiger partial charge in [-0.15, -0.1) is 0 Å². The van der Waals surface area contributed by atoms with Crippen molar-refractivity contribution < 1.29 is 28.6 Å². The van der Waals surface area contributed by atoms with Crippen molar-refractivity contribution in [2.45, 2.75) is 264 Å². The summed E-state index contributed by atoms with van der Waals surface area (Å²) in [5.41, 5.74) is 0. The van der Waals surface area contributed by atoms with Crippen LogP contribution >= 0.6 is 0 Å². The van der Waals surface area contributed by atoms with E-state index in [-0.39, 0.29) is 31.1 Å². The van der Waals surface area contributed by atoms with Gasteiger partial charge in [-0.25, -0.2) is 0 Å². The molecule has 0 aliphatic rings. The van der Waals surface area contributed by atoms with Gasteiger partial charge < -0.3 is 14.2 Å². The van der Waals surface area contributed by atoms with Crippen LogP contribution in [0.2, 0.25) is 0 Å². The largest absolute Gasteiger partial charge is 0.462 e. The Morgan fingerprint density at radius 1 is 0.350 bits per heavy atom. The number of allylic oxidation sites excluding steroid dienone is 8. The smallest absolute Gasteiger partial charge is 0.306 e. The topological polar surface area (TPSA) is 78.9 Å². The SMILES string of the molecule is CC/C=C\C/C=C\C/C=C\CCCCCCCCCCCC(=O)OCC(COC(=O)CCCCCC/C=C\CCCC)OC(=O)CCCCCCCCCCCCCCC. The summed E-state index contributed by atoms with van der Waals surface area (Å²) in [6, 6.07) is 0. The summed E-state index contributed by atoms with van der Waals surface area (Å²) < 4.78 is 16.8. The van der Waals surface area contributed by atoms with Gasteiger partial charge in [0.2, 0.25) is 0 Å². The molecule has 0 radical (unpaired) electrons. The number of unbranched alkanes of at least 4 members (excludes halogenated alkanes) is 27. The lowest BCUT2D eigenvalue weighted by atomic mass is 10.0. The normalized spacial score (nSPS) is 12.4. The molecule has 0 saturated heterocycles. The van der Waals surface area contributed by atoms with E-state index in [0.717, 1.165) is 96.3 Å². The van der Waals surface area contributed by atoms with Crippen molar-refractivity contribution in [1.29, 1.82) is 0 Å². The molecule has 0 aliphatic heterocycles. The van der Waals surface area contributed by atoms with Gasteiger partial charge in [-0.1, -0.05) is 217 Å². The van der Waals surface area contributed by atoms with E-state index in [9.17, 15) is 14.4 Å². The predicted molar refractivity (Wildman–Crippen MR) is 256 cm³/mol. The van der Waals surface area contributed by atoms with Crippen molar-refractivity contribution in [3.8, 4) is 0 Å². The van der Waals surface area contributed by atoms with Crippen LogP contribution in [-0.4, -0.2) is 37.2 Å². The zero-order valence-corrected chi connectivity index (χ0v) is 39.7. The third-order valence-electron chi connectivity index (χ3n) is 11.1. The number of carbonyl (C=O) groups is 3. The number of ether oxygens (including phenoxy) is 3. The molecule has 6 heteroatoms. The van der Waals surface area contributed by atoms with E-state index >= 15 is 0 Å². The highest BCUT2D eigenvalue weighted by Gasteiger charge is 2.19. The zero-order valence-electron chi connectivity index (χ0n) is 39.7. The van der Waals surface area contributed by atoms with Crippen LogP contribution in [0.15, 0.2) is 48.6 Å². The van der Waals surface area contributed by atoms with Crippen LogP contribution in [0.1, 0.15) is 258 Å². The maximum absolute atomic E-state index is 12.8. The first-order valence-electron chi connectivity index (χ1n) is 25.6. The number of hydrogen-bond acceptors (Lipinski definition) is 6. The first-order valence-corrected chi connectivity index (χ1v) is 25.6. The van der Waals surface area contributed by atoms with E-state index in [1.165, 1.54) is 122 Å². The van der Waals surface area contributed by atoms with Gasteiger partial charge in [-0.05, 0) is 70.6 Å². The van der Waals surface area contributed by atoms with E-state index < -0.39 is 6.10 Å². The molecule has 1 atom stereocenters. The van der Waals surface area contributed by atoms with Crippen LogP contribution in [0.3, 0.4) is 0 Å². The third kappa shape index (κ3) is 46.4. The fraction of sp³-hybridized carbons (Fsp3) is 0.796. The quantitative estimate of drug-likeness (QED) is 0.0263. The number of hydrogen-bond donors (Lipinski definition) is 0. The molecule has 0 saturated carbocycles. The summed E-state index contributed by atoms with van der Waals surface area (Å²) >= 11 is 0. The first kappa shape index (κ1) is 57.4. The highest BCUT2D eigenvalue weighted by Crippen LogP contribution is 2.15. The van der Waals surface area contributed by atoms with E-state index in [1.807, 2.05) is 0 Å². The van der Waals surface area contributed by atoms with Gasteiger partial charge in [0.25, 0.3) is 0 Å². The highest BCUT2D eigenvalue weighted by atomic mass is 16.6. The van der Waals surface area contributed by atoms with Crippen LogP contribution in [0, 0.1) is 0 Å². The molecule has 0 aromatic heterocycles. The molecule has 348 valence electrons. The second-order valence-electron chi connectivity index (χ2n) is 17.1. The minimum atomic E-state index is -0.775. The monoisotopic (exact) mass is 841 g/mol. The Morgan fingerprint density at radius 3 is 1.08 bits per heavy atom. The molecule has 0 rings (SSSR count). The van der Waals surface area contributed by atoms with Gasteiger partial charge in [-0.2, -0.15) is 0 Å². The first-order chi connectivity index (χ1) is 29.5. The van der Waals surface area contributed by atoms with Gasteiger partial charge in [0, 0.05) is 19.3 Å². The van der Waals surface area contributed by atoms with Crippen molar-refractivity contribution >= 4 is 17.9 Å². The molecule has 0 fully saturated rings. The Kier molecular flexibility index (Phi) is 46.9. The maximum atomic E-state index is 12.8. The average Bonchev–Trinajstić information content (AvgIpc) is 3.24. The lowest BCUT2D eigenvalue weighted by molar-refractivity contribution is -0.167. The summed E-state index contributed by atoms with van der Waals surface area (Å²) in [7, 11) is 0. The lowest BCUT2D eigenvalue weighted by Gasteiger charge is -2.18. The van der Waals surface area contributed by atoms with Gasteiger partial charge >= 0.3 is 17.9 Å². The zero-order chi connectivity index (χ0) is 43.7. The lowest BCUT2D eigenvalue weighted by Crippen LogP contribution is -2.30. The summed E-state index contributed by atoms with van der Waals surface area (Å²) in [5, 5.41) is 0. The Hall–Kier alpha value is -2.63. The van der Waals surface area contributed by atoms with E-state index in [2.05, 4.69) is 69.4 Å². The van der Waals surface area contributed by atoms with Crippen molar-refractivity contribution in [3.63, 3.8) is 0 Å². The summed E-state index contributed by atoms with van der Waals surface area (Å²) in [6.07, 6.45) is 58.1. The van der Waals surface area contributed by atoms with Gasteiger partial charge in [0.05, 0.1) is 0 Å². The second kappa shape index (κ2) is 49.0. The van der Waals surface area contributed by atoms with Gasteiger partial charge in [0.15, 0.2) is 6.10 Å². The molecular formula is C54H96O6. The molecule has 0 amide bonds. The van der Waals surface area contributed by atoms with Crippen LogP contribution in [-0.2, 0) is 28.6 Å². The Morgan fingerprint density at radius 2 is 0.667 bits per heavy atom.